The van der Waals surface area contributed by atoms with E-state index in [0.717, 1.165) is 43.0 Å². The zero-order valence-corrected chi connectivity index (χ0v) is 19.8. The largest absolute Gasteiger partial charge is 0.352 e. The molecule has 0 aliphatic carbocycles. The lowest BCUT2D eigenvalue weighted by atomic mass is 10.2. The topological polar surface area (TPSA) is 97.2 Å². The van der Waals surface area contributed by atoms with E-state index in [1.165, 1.54) is 17.8 Å². The van der Waals surface area contributed by atoms with Gasteiger partial charge < -0.3 is 9.88 Å². The molecule has 0 bridgehead atoms. The quantitative estimate of drug-likeness (QED) is 0.576. The van der Waals surface area contributed by atoms with Crippen molar-refractivity contribution >= 4 is 21.6 Å². The Balaban J connectivity index is 1.36. The second-order valence-corrected chi connectivity index (χ2v) is 10.3. The molecular formula is C24H29N5O3S. The van der Waals surface area contributed by atoms with Crippen LogP contribution in [0.2, 0.25) is 0 Å². The molecule has 1 amide bonds. The number of carbonyl (C=O) groups is 1. The Bertz CT molecular complexity index is 1220. The van der Waals surface area contributed by atoms with Crippen molar-refractivity contribution in [1.29, 1.82) is 0 Å². The molecule has 0 atom stereocenters. The predicted molar refractivity (Wildman–Crippen MR) is 127 cm³/mol. The second-order valence-electron chi connectivity index (χ2n) is 8.33. The number of hydrogen-bond donors (Lipinski definition) is 1. The van der Waals surface area contributed by atoms with Crippen molar-refractivity contribution in [1.82, 2.24) is 20.1 Å². The van der Waals surface area contributed by atoms with Crippen molar-refractivity contribution in [3.8, 4) is 0 Å². The number of hydrogen-bond acceptors (Lipinski definition) is 5. The van der Waals surface area contributed by atoms with E-state index in [4.69, 9.17) is 0 Å². The third-order valence-electron chi connectivity index (χ3n) is 5.99. The molecule has 1 aliphatic rings. The van der Waals surface area contributed by atoms with Gasteiger partial charge in [0.1, 0.15) is 11.6 Å². The second kappa shape index (κ2) is 9.74. The van der Waals surface area contributed by atoms with Gasteiger partial charge in [-0.15, -0.1) is 10.2 Å². The molecule has 2 heterocycles. The fraction of sp³-hybridized carbons (Fsp3) is 0.375. The van der Waals surface area contributed by atoms with Crippen LogP contribution in [-0.2, 0) is 29.4 Å². The predicted octanol–water partition coefficient (Wildman–Crippen LogP) is 3.11. The Labute approximate surface area is 194 Å². The molecular weight excluding hydrogens is 438 g/mol. The number of anilines is 1. The van der Waals surface area contributed by atoms with Gasteiger partial charge in [-0.3, -0.25) is 9.10 Å². The number of rotatable bonds is 7. The molecule has 3 aromatic rings. The van der Waals surface area contributed by atoms with Crippen molar-refractivity contribution < 1.29 is 13.2 Å². The van der Waals surface area contributed by atoms with Crippen LogP contribution in [-0.4, -0.2) is 42.7 Å². The molecule has 1 aliphatic heterocycles. The molecule has 0 radical (unpaired) electrons. The number of nitrogens with one attached hydrogen (secondary N) is 1. The van der Waals surface area contributed by atoms with E-state index in [0.29, 0.717) is 24.2 Å². The number of sulfonamides is 1. The lowest BCUT2D eigenvalue weighted by Gasteiger charge is -2.20. The van der Waals surface area contributed by atoms with Gasteiger partial charge >= 0.3 is 0 Å². The summed E-state index contributed by atoms with van der Waals surface area (Å²) >= 11 is 0. The monoisotopic (exact) mass is 467 g/mol. The van der Waals surface area contributed by atoms with Crippen molar-refractivity contribution in [3.63, 3.8) is 0 Å². The molecule has 33 heavy (non-hydrogen) atoms. The minimum absolute atomic E-state index is 0.207. The minimum atomic E-state index is -3.67. The average Bonchev–Trinajstić information content (AvgIpc) is 3.04. The highest BCUT2D eigenvalue weighted by Gasteiger charge is 2.21. The Morgan fingerprint density at radius 2 is 1.76 bits per heavy atom. The van der Waals surface area contributed by atoms with Gasteiger partial charge in [0, 0.05) is 38.5 Å². The van der Waals surface area contributed by atoms with Gasteiger partial charge in [0.2, 0.25) is 0 Å². The average molecular weight is 468 g/mol. The summed E-state index contributed by atoms with van der Waals surface area (Å²) in [6.45, 7) is 3.30. The molecule has 0 fully saturated rings. The van der Waals surface area contributed by atoms with Gasteiger partial charge in [-0.1, -0.05) is 24.1 Å². The summed E-state index contributed by atoms with van der Waals surface area (Å²) < 4.78 is 29.1. The summed E-state index contributed by atoms with van der Waals surface area (Å²) in [5, 5.41) is 11.5. The Morgan fingerprint density at radius 1 is 1.03 bits per heavy atom. The summed E-state index contributed by atoms with van der Waals surface area (Å²) in [7, 11) is -2.17. The van der Waals surface area contributed by atoms with E-state index >= 15 is 0 Å². The molecule has 174 valence electrons. The molecule has 1 aromatic heterocycles. The van der Waals surface area contributed by atoms with Crippen molar-refractivity contribution in [2.24, 2.45) is 0 Å². The SMILES string of the molecule is Cc1ccc(S(=O)(=O)N(C)c2ccc(C(=O)NCCc3nnc4n3CCCCC4)cc2)cc1. The van der Waals surface area contributed by atoms with Gasteiger partial charge in [-0.25, -0.2) is 8.42 Å². The number of aryl methyl sites for hydroxylation is 2. The number of carbonyl (C=O) groups excluding carboxylic acids is 1. The lowest BCUT2D eigenvalue weighted by molar-refractivity contribution is 0.0954. The molecule has 0 saturated carbocycles. The lowest BCUT2D eigenvalue weighted by Crippen LogP contribution is -2.28. The number of nitrogens with zero attached hydrogens (tertiary/aromatic N) is 4. The third kappa shape index (κ3) is 5.08. The Morgan fingerprint density at radius 3 is 2.48 bits per heavy atom. The summed E-state index contributed by atoms with van der Waals surface area (Å²) in [5.41, 5.74) is 1.95. The van der Waals surface area contributed by atoms with Gasteiger partial charge in [-0.2, -0.15) is 0 Å². The van der Waals surface area contributed by atoms with E-state index in [1.807, 2.05) is 6.92 Å². The van der Waals surface area contributed by atoms with Gasteiger partial charge in [-0.05, 0) is 56.2 Å². The molecule has 8 nitrogen and oxygen atoms in total. The standard InChI is InChI=1S/C24H29N5O3S/c1-18-7-13-21(14-8-18)33(31,32)28(2)20-11-9-19(10-12-20)24(30)25-16-15-23-27-26-22-6-4-3-5-17-29(22)23/h7-14H,3-6,15-17H2,1-2H3,(H,25,30). The molecule has 0 unspecified atom stereocenters. The molecule has 4 rings (SSSR count). The minimum Gasteiger partial charge on any atom is -0.352 e. The first-order chi connectivity index (χ1) is 15.9. The van der Waals surface area contributed by atoms with Crippen LogP contribution < -0.4 is 9.62 Å². The van der Waals surface area contributed by atoms with Gasteiger partial charge in [0.05, 0.1) is 10.6 Å². The van der Waals surface area contributed by atoms with Crippen molar-refractivity contribution in [3.05, 3.63) is 71.3 Å². The maximum Gasteiger partial charge on any atom is 0.264 e. The first kappa shape index (κ1) is 23.0. The van der Waals surface area contributed by atoms with Crippen LogP contribution in [0, 0.1) is 6.92 Å². The molecule has 0 spiro atoms. The first-order valence-electron chi connectivity index (χ1n) is 11.2. The Hall–Kier alpha value is -3.20. The normalized spacial score (nSPS) is 13.8. The molecule has 2 aromatic carbocycles. The number of fused-ring (bicyclic) bond motifs is 1. The smallest absolute Gasteiger partial charge is 0.264 e. The number of amides is 1. The number of benzene rings is 2. The summed E-state index contributed by atoms with van der Waals surface area (Å²) in [6.07, 6.45) is 5.06. The zero-order chi connectivity index (χ0) is 23.4. The zero-order valence-electron chi connectivity index (χ0n) is 19.0. The Kier molecular flexibility index (Phi) is 6.78. The van der Waals surface area contributed by atoms with E-state index in [2.05, 4.69) is 20.1 Å². The van der Waals surface area contributed by atoms with Crippen LogP contribution in [0.1, 0.15) is 46.8 Å². The van der Waals surface area contributed by atoms with E-state index in [-0.39, 0.29) is 10.8 Å². The summed E-state index contributed by atoms with van der Waals surface area (Å²) in [4.78, 5) is 12.8. The van der Waals surface area contributed by atoms with E-state index in [1.54, 1.807) is 48.5 Å². The molecule has 0 saturated heterocycles. The van der Waals surface area contributed by atoms with Gasteiger partial charge in [0.25, 0.3) is 15.9 Å². The van der Waals surface area contributed by atoms with Crippen LogP contribution in [0.25, 0.3) is 0 Å². The highest BCUT2D eigenvalue weighted by Crippen LogP contribution is 2.23. The first-order valence-corrected chi connectivity index (χ1v) is 12.6. The van der Waals surface area contributed by atoms with Crippen molar-refractivity contribution in [2.75, 3.05) is 17.9 Å². The summed E-state index contributed by atoms with van der Waals surface area (Å²) in [5.74, 6) is 1.74. The van der Waals surface area contributed by atoms with Crippen molar-refractivity contribution in [2.45, 2.75) is 50.5 Å². The van der Waals surface area contributed by atoms with Crippen LogP contribution in [0.3, 0.4) is 0 Å². The highest BCUT2D eigenvalue weighted by molar-refractivity contribution is 7.92. The highest BCUT2D eigenvalue weighted by atomic mass is 32.2. The number of aromatic nitrogens is 3. The summed E-state index contributed by atoms with van der Waals surface area (Å²) in [6, 6.07) is 13.3. The van der Waals surface area contributed by atoms with Gasteiger partial charge in [0.15, 0.2) is 0 Å². The molecule has 1 N–H and O–H groups in total. The maximum absolute atomic E-state index is 12.9. The third-order valence-corrected chi connectivity index (χ3v) is 7.79. The van der Waals surface area contributed by atoms with Crippen LogP contribution >= 0.6 is 0 Å². The van der Waals surface area contributed by atoms with Crippen LogP contribution in [0.4, 0.5) is 5.69 Å². The van der Waals surface area contributed by atoms with E-state index in [9.17, 15) is 13.2 Å². The molecule has 9 heteroatoms. The fourth-order valence-corrected chi connectivity index (χ4v) is 5.15. The fourth-order valence-electron chi connectivity index (χ4n) is 3.95. The maximum atomic E-state index is 12.9. The van der Waals surface area contributed by atoms with Crippen LogP contribution in [0.5, 0.6) is 0 Å². The van der Waals surface area contributed by atoms with E-state index < -0.39 is 10.0 Å². The van der Waals surface area contributed by atoms with Crippen LogP contribution in [0.15, 0.2) is 53.4 Å².